The van der Waals surface area contributed by atoms with Crippen molar-refractivity contribution in [1.29, 1.82) is 0 Å². The van der Waals surface area contributed by atoms with Crippen molar-refractivity contribution in [2.24, 2.45) is 0 Å². The van der Waals surface area contributed by atoms with Crippen LogP contribution in [0, 0.1) is 0 Å². The van der Waals surface area contributed by atoms with E-state index in [-0.39, 0.29) is 17.3 Å². The Bertz CT molecular complexity index is 352. The van der Waals surface area contributed by atoms with Crippen molar-refractivity contribution in [3.8, 4) is 0 Å². The molecule has 3 heteroatoms. The molecule has 1 aliphatic heterocycles. The smallest absolute Gasteiger partial charge is 0.224 e. The van der Waals surface area contributed by atoms with Gasteiger partial charge in [-0.05, 0) is 12.5 Å². The van der Waals surface area contributed by atoms with E-state index in [9.17, 15) is 4.79 Å². The van der Waals surface area contributed by atoms with Gasteiger partial charge in [0.1, 0.15) is 0 Å². The number of benzene rings is 1. The van der Waals surface area contributed by atoms with Crippen molar-refractivity contribution in [2.45, 2.75) is 24.8 Å². The quantitative estimate of drug-likeness (QED) is 0.706. The van der Waals surface area contributed by atoms with Crippen molar-refractivity contribution in [3.63, 3.8) is 0 Å². The van der Waals surface area contributed by atoms with E-state index in [4.69, 9.17) is 11.6 Å². The fourth-order valence-corrected chi connectivity index (χ4v) is 2.25. The molecule has 80 valence electrons. The van der Waals surface area contributed by atoms with E-state index in [0.29, 0.717) is 13.0 Å². The number of carbonyl (C=O) groups is 1. The van der Waals surface area contributed by atoms with E-state index in [0.717, 1.165) is 5.56 Å². The number of hydrogen-bond acceptors (Lipinski definition) is 1. The topological polar surface area (TPSA) is 20.3 Å². The zero-order valence-electron chi connectivity index (χ0n) is 8.69. The lowest BCUT2D eigenvalue weighted by Gasteiger charge is -2.24. The van der Waals surface area contributed by atoms with Crippen LogP contribution >= 0.6 is 11.6 Å². The summed E-state index contributed by atoms with van der Waals surface area (Å²) in [6.45, 7) is 2.71. The van der Waals surface area contributed by atoms with E-state index >= 15 is 0 Å². The van der Waals surface area contributed by atoms with Gasteiger partial charge in [0.05, 0.1) is 11.4 Å². The largest absolute Gasteiger partial charge is 0.334 e. The first-order valence-electron chi connectivity index (χ1n) is 5.17. The molecule has 0 radical (unpaired) electrons. The Labute approximate surface area is 94.8 Å². The maximum atomic E-state index is 11.6. The fraction of sp³-hybridized carbons (Fsp3) is 0.417. The van der Waals surface area contributed by atoms with Gasteiger partial charge in [-0.2, -0.15) is 0 Å². The summed E-state index contributed by atoms with van der Waals surface area (Å²) in [4.78, 5) is 13.5. The number of carbonyl (C=O) groups excluding carboxylic acids is 1. The molecular formula is C12H14ClNO. The van der Waals surface area contributed by atoms with Gasteiger partial charge >= 0.3 is 0 Å². The van der Waals surface area contributed by atoms with Crippen LogP contribution in [0.25, 0.3) is 0 Å². The molecule has 1 aromatic carbocycles. The van der Waals surface area contributed by atoms with Crippen molar-refractivity contribution < 1.29 is 4.79 Å². The molecule has 15 heavy (non-hydrogen) atoms. The number of alkyl halides is 1. The van der Waals surface area contributed by atoms with Gasteiger partial charge in [0.25, 0.3) is 0 Å². The molecule has 1 saturated heterocycles. The normalized spacial score (nSPS) is 23.2. The molecule has 1 heterocycles. The lowest BCUT2D eigenvalue weighted by atomic mass is 10.1. The second kappa shape index (κ2) is 4.23. The number of likely N-dealkylation sites (tertiary alicyclic amines) is 1. The molecule has 1 aliphatic rings. The van der Waals surface area contributed by atoms with Crippen LogP contribution in [0.4, 0.5) is 0 Å². The van der Waals surface area contributed by atoms with Crippen molar-refractivity contribution in [1.82, 2.24) is 4.90 Å². The van der Waals surface area contributed by atoms with Gasteiger partial charge in [0.2, 0.25) is 5.91 Å². The number of halogens is 1. The molecule has 2 rings (SSSR count). The molecule has 1 unspecified atom stereocenters. The molecule has 1 fully saturated rings. The Morgan fingerprint density at radius 1 is 1.40 bits per heavy atom. The summed E-state index contributed by atoms with van der Waals surface area (Å²) in [5.74, 6) is 0.159. The monoisotopic (exact) mass is 223 g/mol. The van der Waals surface area contributed by atoms with E-state index in [1.54, 1.807) is 0 Å². The summed E-state index contributed by atoms with van der Waals surface area (Å²) in [6, 6.07) is 10.2. The van der Waals surface area contributed by atoms with Crippen LogP contribution in [0.15, 0.2) is 30.3 Å². The summed E-state index contributed by atoms with van der Waals surface area (Å²) < 4.78 is 0. The van der Waals surface area contributed by atoms with Crippen LogP contribution in [0.5, 0.6) is 0 Å². The third-order valence-corrected chi connectivity index (χ3v) is 3.15. The van der Waals surface area contributed by atoms with Gasteiger partial charge < -0.3 is 4.90 Å². The molecule has 0 spiro atoms. The standard InChI is InChI=1S/C12H14ClNO/c1-9(10-5-3-2-4-6-10)14-8-11(13)7-12(14)15/h2-6,9,11H,7-8H2,1H3/t9-,11?/m0/s1. The minimum absolute atomic E-state index is 0.0244. The average molecular weight is 224 g/mol. The Morgan fingerprint density at radius 3 is 2.60 bits per heavy atom. The number of nitrogens with zero attached hydrogens (tertiary/aromatic N) is 1. The maximum Gasteiger partial charge on any atom is 0.224 e. The number of amides is 1. The Balaban J connectivity index is 2.15. The zero-order valence-corrected chi connectivity index (χ0v) is 9.45. The first kappa shape index (κ1) is 10.5. The molecule has 2 nitrogen and oxygen atoms in total. The Kier molecular flexibility index (Phi) is 2.96. The van der Waals surface area contributed by atoms with Crippen LogP contribution in [-0.2, 0) is 4.79 Å². The molecule has 0 saturated carbocycles. The summed E-state index contributed by atoms with van der Waals surface area (Å²) in [6.07, 6.45) is 0.471. The van der Waals surface area contributed by atoms with Gasteiger partial charge in [-0.15, -0.1) is 11.6 Å². The summed E-state index contributed by atoms with van der Waals surface area (Å²) in [5, 5.41) is -0.0244. The fourth-order valence-electron chi connectivity index (χ4n) is 1.97. The summed E-state index contributed by atoms with van der Waals surface area (Å²) in [5.41, 5.74) is 1.16. The highest BCUT2D eigenvalue weighted by Gasteiger charge is 2.31. The van der Waals surface area contributed by atoms with Crippen LogP contribution in [-0.4, -0.2) is 22.7 Å². The van der Waals surface area contributed by atoms with Gasteiger partial charge in [0.15, 0.2) is 0 Å². The highest BCUT2D eigenvalue weighted by Crippen LogP contribution is 2.27. The average Bonchev–Trinajstić information content (AvgIpc) is 2.58. The number of hydrogen-bond donors (Lipinski definition) is 0. The maximum absolute atomic E-state index is 11.6. The van der Waals surface area contributed by atoms with Crippen LogP contribution in [0.1, 0.15) is 24.9 Å². The summed E-state index contributed by atoms with van der Waals surface area (Å²) in [7, 11) is 0. The van der Waals surface area contributed by atoms with Crippen LogP contribution in [0.2, 0.25) is 0 Å². The molecule has 0 N–H and O–H groups in total. The van der Waals surface area contributed by atoms with Crippen LogP contribution in [0.3, 0.4) is 0 Å². The van der Waals surface area contributed by atoms with Gasteiger partial charge in [-0.3, -0.25) is 4.79 Å². The van der Waals surface area contributed by atoms with E-state index < -0.39 is 0 Å². The van der Waals surface area contributed by atoms with E-state index in [1.165, 1.54) is 0 Å². The highest BCUT2D eigenvalue weighted by atomic mass is 35.5. The van der Waals surface area contributed by atoms with Crippen molar-refractivity contribution in [3.05, 3.63) is 35.9 Å². The molecule has 2 atom stereocenters. The predicted molar refractivity (Wildman–Crippen MR) is 60.8 cm³/mol. The SMILES string of the molecule is C[C@@H](c1ccccc1)N1CC(Cl)CC1=O. The number of rotatable bonds is 2. The molecule has 1 aromatic rings. The first-order chi connectivity index (χ1) is 7.18. The first-order valence-corrected chi connectivity index (χ1v) is 5.60. The zero-order chi connectivity index (χ0) is 10.8. The van der Waals surface area contributed by atoms with Crippen LogP contribution < -0.4 is 0 Å². The minimum atomic E-state index is -0.0244. The highest BCUT2D eigenvalue weighted by molar-refractivity contribution is 6.22. The second-order valence-corrected chi connectivity index (χ2v) is 4.55. The van der Waals surface area contributed by atoms with Crippen molar-refractivity contribution >= 4 is 17.5 Å². The molecule has 1 amide bonds. The van der Waals surface area contributed by atoms with E-state index in [1.807, 2.05) is 42.2 Å². The Hall–Kier alpha value is -1.02. The predicted octanol–water partition coefficient (Wildman–Crippen LogP) is 2.59. The lowest BCUT2D eigenvalue weighted by Crippen LogP contribution is -2.28. The second-order valence-electron chi connectivity index (χ2n) is 3.93. The van der Waals surface area contributed by atoms with Gasteiger partial charge in [-0.1, -0.05) is 30.3 Å². The molecular weight excluding hydrogens is 210 g/mol. The molecule has 0 aliphatic carbocycles. The Morgan fingerprint density at radius 2 is 2.07 bits per heavy atom. The molecule has 0 bridgehead atoms. The van der Waals surface area contributed by atoms with Gasteiger partial charge in [-0.25, -0.2) is 0 Å². The van der Waals surface area contributed by atoms with Crippen molar-refractivity contribution in [2.75, 3.05) is 6.54 Å². The molecule has 0 aromatic heterocycles. The minimum Gasteiger partial charge on any atom is -0.334 e. The lowest BCUT2D eigenvalue weighted by molar-refractivity contribution is -0.129. The summed E-state index contributed by atoms with van der Waals surface area (Å²) >= 11 is 5.97. The third-order valence-electron chi connectivity index (χ3n) is 2.86. The van der Waals surface area contributed by atoms with Gasteiger partial charge in [0, 0.05) is 13.0 Å². The van der Waals surface area contributed by atoms with E-state index in [2.05, 4.69) is 0 Å². The third kappa shape index (κ3) is 2.15.